The number of allylic oxidation sites excluding steroid dienone is 2. The smallest absolute Gasteiger partial charge is 0.206 e. The molecule has 0 radical (unpaired) electrons. The maximum atomic E-state index is 13.8. The quantitative estimate of drug-likeness (QED) is 0.260. The highest BCUT2D eigenvalue weighted by atomic mass is 19.4. The monoisotopic (exact) mass is 374 g/mol. The molecule has 26 heavy (non-hydrogen) atoms. The first-order valence-electron chi connectivity index (χ1n) is 9.54. The summed E-state index contributed by atoms with van der Waals surface area (Å²) in [5.41, 5.74) is -1.43. The molecule has 0 heterocycles. The third kappa shape index (κ3) is 5.82. The van der Waals surface area contributed by atoms with Gasteiger partial charge in [-0.1, -0.05) is 31.9 Å². The summed E-state index contributed by atoms with van der Waals surface area (Å²) in [6, 6.07) is 1.74. The van der Waals surface area contributed by atoms with Crippen LogP contribution in [0.4, 0.5) is 22.0 Å². The maximum absolute atomic E-state index is 13.8. The summed E-state index contributed by atoms with van der Waals surface area (Å²) in [4.78, 5) is 0. The fourth-order valence-electron chi connectivity index (χ4n) is 3.86. The highest BCUT2D eigenvalue weighted by molar-refractivity contribution is 5.30. The molecule has 0 atom stereocenters. The van der Waals surface area contributed by atoms with E-state index < -0.39 is 23.4 Å². The molecule has 0 amide bonds. The van der Waals surface area contributed by atoms with Crippen LogP contribution in [-0.2, 0) is 6.18 Å². The Labute approximate surface area is 152 Å². The molecule has 0 aromatic heterocycles. The third-order valence-corrected chi connectivity index (χ3v) is 5.30. The first-order chi connectivity index (χ1) is 12.3. The Balaban J connectivity index is 1.85. The first-order valence-corrected chi connectivity index (χ1v) is 9.54. The topological polar surface area (TPSA) is 0 Å². The van der Waals surface area contributed by atoms with Crippen LogP contribution in [0.25, 0.3) is 0 Å². The van der Waals surface area contributed by atoms with E-state index in [9.17, 15) is 22.0 Å². The molecule has 1 aromatic rings. The van der Waals surface area contributed by atoms with Crippen molar-refractivity contribution in [1.82, 2.24) is 0 Å². The van der Waals surface area contributed by atoms with E-state index in [0.29, 0.717) is 11.5 Å². The predicted molar refractivity (Wildman–Crippen MR) is 94.0 cm³/mol. The Bertz CT molecular complexity index is 572. The molecule has 0 aliphatic heterocycles. The summed E-state index contributed by atoms with van der Waals surface area (Å²) in [6.07, 6.45) is 8.56. The van der Waals surface area contributed by atoms with Crippen molar-refractivity contribution in [3.8, 4) is 0 Å². The zero-order valence-electron chi connectivity index (χ0n) is 15.2. The molecule has 1 fully saturated rings. The van der Waals surface area contributed by atoms with E-state index in [4.69, 9.17) is 0 Å². The Morgan fingerprint density at radius 2 is 1.58 bits per heavy atom. The molecular weight excluding hydrogens is 347 g/mol. The lowest BCUT2D eigenvalue weighted by atomic mass is 9.77. The molecule has 1 aliphatic carbocycles. The zero-order chi connectivity index (χ0) is 19.2. The number of alkyl halides is 3. The van der Waals surface area contributed by atoms with Crippen LogP contribution in [0.1, 0.15) is 81.8 Å². The van der Waals surface area contributed by atoms with E-state index in [0.717, 1.165) is 57.1 Å². The molecule has 0 nitrogen and oxygen atoms in total. The van der Waals surface area contributed by atoms with Crippen molar-refractivity contribution in [3.05, 3.63) is 47.0 Å². The van der Waals surface area contributed by atoms with Gasteiger partial charge in [-0.2, -0.15) is 13.2 Å². The predicted octanol–water partition coefficient (Wildman–Crippen LogP) is 7.78. The van der Waals surface area contributed by atoms with Crippen LogP contribution in [0.5, 0.6) is 0 Å². The van der Waals surface area contributed by atoms with Gasteiger partial charge in [0.15, 0.2) is 0 Å². The number of hydrogen-bond acceptors (Lipinski definition) is 0. The van der Waals surface area contributed by atoms with Gasteiger partial charge < -0.3 is 0 Å². The fraction of sp³-hybridized carbons (Fsp3) is 0.619. The lowest BCUT2D eigenvalue weighted by molar-refractivity contribution is -0.142. The fourth-order valence-corrected chi connectivity index (χ4v) is 3.86. The number of hydrogen-bond donors (Lipinski definition) is 0. The second-order valence-electron chi connectivity index (χ2n) is 7.24. The Morgan fingerprint density at radius 1 is 0.962 bits per heavy atom. The van der Waals surface area contributed by atoms with Crippen LogP contribution in [0.15, 0.2) is 24.3 Å². The van der Waals surface area contributed by atoms with Crippen molar-refractivity contribution in [2.75, 3.05) is 0 Å². The molecule has 146 valence electrons. The van der Waals surface area contributed by atoms with Crippen LogP contribution in [-0.4, -0.2) is 0 Å². The van der Waals surface area contributed by atoms with E-state index in [1.54, 1.807) is 0 Å². The van der Waals surface area contributed by atoms with Gasteiger partial charge in [-0.05, 0) is 74.5 Å². The van der Waals surface area contributed by atoms with Crippen LogP contribution in [0.3, 0.4) is 0 Å². The van der Waals surface area contributed by atoms with E-state index in [-0.39, 0.29) is 5.92 Å². The highest BCUT2D eigenvalue weighted by Crippen LogP contribution is 2.40. The van der Waals surface area contributed by atoms with Crippen LogP contribution in [0, 0.1) is 17.6 Å². The van der Waals surface area contributed by atoms with Crippen molar-refractivity contribution < 1.29 is 22.0 Å². The zero-order valence-corrected chi connectivity index (χ0v) is 15.2. The van der Waals surface area contributed by atoms with Crippen molar-refractivity contribution in [3.63, 3.8) is 0 Å². The molecule has 0 saturated heterocycles. The molecule has 0 unspecified atom stereocenters. The van der Waals surface area contributed by atoms with Crippen molar-refractivity contribution in [2.45, 2.75) is 76.8 Å². The van der Waals surface area contributed by atoms with Crippen molar-refractivity contribution >= 4 is 0 Å². The van der Waals surface area contributed by atoms with E-state index >= 15 is 0 Å². The van der Waals surface area contributed by atoms with Crippen molar-refractivity contribution in [2.24, 2.45) is 5.92 Å². The van der Waals surface area contributed by atoms with Crippen LogP contribution < -0.4 is 0 Å². The molecule has 1 aliphatic rings. The van der Waals surface area contributed by atoms with Gasteiger partial charge in [0, 0.05) is 0 Å². The lowest BCUT2D eigenvalue weighted by Crippen LogP contribution is -2.16. The van der Waals surface area contributed by atoms with Gasteiger partial charge in [0.25, 0.3) is 0 Å². The Kier molecular flexibility index (Phi) is 7.66. The third-order valence-electron chi connectivity index (χ3n) is 5.30. The largest absolute Gasteiger partial charge is 0.422 e. The van der Waals surface area contributed by atoms with Gasteiger partial charge in [0.1, 0.15) is 17.2 Å². The summed E-state index contributed by atoms with van der Waals surface area (Å²) >= 11 is 0. The molecule has 1 saturated carbocycles. The average molecular weight is 374 g/mol. The molecule has 0 spiro atoms. The maximum Gasteiger partial charge on any atom is 0.422 e. The molecule has 0 N–H and O–H groups in total. The second kappa shape index (κ2) is 9.52. The second-order valence-corrected chi connectivity index (χ2v) is 7.24. The molecule has 1 aromatic carbocycles. The van der Waals surface area contributed by atoms with Crippen molar-refractivity contribution in [1.29, 1.82) is 0 Å². The average Bonchev–Trinajstić information content (AvgIpc) is 2.56. The first kappa shape index (κ1) is 20.9. The van der Waals surface area contributed by atoms with Gasteiger partial charge in [-0.25, -0.2) is 8.78 Å². The SMILES string of the molecule is CC/C=C/CCCC[C@H]1CC[C@H](c2cc(F)c(C(F)(F)F)c(F)c2)CC1. The Morgan fingerprint density at radius 3 is 2.12 bits per heavy atom. The standard InChI is InChI=1S/C21H27F5/c1-2-3-4-5-6-7-8-15-9-11-16(12-10-15)17-13-18(22)20(19(23)14-17)21(24,25)26/h3-4,13-16H,2,5-12H2,1H3/b4-3+/t15-,16-. The van der Waals surface area contributed by atoms with Crippen LogP contribution >= 0.6 is 0 Å². The number of halogens is 5. The lowest BCUT2D eigenvalue weighted by Gasteiger charge is -2.29. The highest BCUT2D eigenvalue weighted by Gasteiger charge is 2.38. The molecule has 0 bridgehead atoms. The Hall–Kier alpha value is -1.39. The van der Waals surface area contributed by atoms with Gasteiger partial charge in [0.2, 0.25) is 0 Å². The molecule has 5 heteroatoms. The van der Waals surface area contributed by atoms with E-state index in [1.807, 2.05) is 0 Å². The number of rotatable bonds is 7. The minimum Gasteiger partial charge on any atom is -0.206 e. The summed E-state index contributed by atoms with van der Waals surface area (Å²) in [6.45, 7) is 2.11. The summed E-state index contributed by atoms with van der Waals surface area (Å²) in [5, 5.41) is 0. The van der Waals surface area contributed by atoms with Gasteiger partial charge >= 0.3 is 6.18 Å². The van der Waals surface area contributed by atoms with E-state index in [2.05, 4.69) is 19.1 Å². The summed E-state index contributed by atoms with van der Waals surface area (Å²) < 4.78 is 65.5. The summed E-state index contributed by atoms with van der Waals surface area (Å²) in [5.74, 6) is -2.44. The van der Waals surface area contributed by atoms with Gasteiger partial charge in [-0.15, -0.1) is 0 Å². The number of benzene rings is 1. The van der Waals surface area contributed by atoms with Gasteiger partial charge in [-0.3, -0.25) is 0 Å². The summed E-state index contributed by atoms with van der Waals surface area (Å²) in [7, 11) is 0. The van der Waals surface area contributed by atoms with Crippen LogP contribution in [0.2, 0.25) is 0 Å². The number of unbranched alkanes of at least 4 members (excludes halogenated alkanes) is 2. The van der Waals surface area contributed by atoms with Gasteiger partial charge in [0.05, 0.1) is 0 Å². The minimum absolute atomic E-state index is 0.0509. The minimum atomic E-state index is -5.00. The normalized spacial score (nSPS) is 21.5. The molecule has 2 rings (SSSR count). The molecular formula is C21H27F5. The van der Waals surface area contributed by atoms with E-state index in [1.165, 1.54) is 12.8 Å².